The van der Waals surface area contributed by atoms with Gasteiger partial charge in [-0.2, -0.15) is 0 Å². The van der Waals surface area contributed by atoms with Crippen molar-refractivity contribution in [2.75, 3.05) is 0 Å². The monoisotopic (exact) mass is 331 g/mol. The molecule has 1 heterocycles. The molecular weight excluding hydrogens is 306 g/mol. The second-order valence-corrected chi connectivity index (χ2v) is 6.14. The van der Waals surface area contributed by atoms with Crippen LogP contribution in [0.25, 0.3) is 10.9 Å². The molecule has 2 rings (SSSR count). The van der Waals surface area contributed by atoms with Gasteiger partial charge >= 0.3 is 5.69 Å². The molecule has 0 aliphatic carbocycles. The number of aromatic amines is 1. The van der Waals surface area contributed by atoms with E-state index in [4.69, 9.17) is 0 Å². The summed E-state index contributed by atoms with van der Waals surface area (Å²) in [6, 6.07) is 4.86. The summed E-state index contributed by atoms with van der Waals surface area (Å²) >= 11 is 0. The van der Waals surface area contributed by atoms with Gasteiger partial charge in [0, 0.05) is 18.2 Å². The van der Waals surface area contributed by atoms with Crippen LogP contribution in [-0.2, 0) is 6.54 Å². The van der Waals surface area contributed by atoms with Gasteiger partial charge in [-0.1, -0.05) is 26.7 Å². The third-order valence-corrected chi connectivity index (χ3v) is 4.22. The molecule has 0 saturated carbocycles. The van der Waals surface area contributed by atoms with Crippen LogP contribution >= 0.6 is 0 Å². The van der Waals surface area contributed by atoms with Crippen molar-refractivity contribution in [3.63, 3.8) is 0 Å². The van der Waals surface area contributed by atoms with E-state index in [2.05, 4.69) is 17.2 Å². The maximum atomic E-state index is 12.5. The number of carbonyl (C=O) groups excluding carboxylic acids is 1. The smallest absolute Gasteiger partial charge is 0.328 e. The van der Waals surface area contributed by atoms with E-state index in [1.54, 1.807) is 18.2 Å². The Morgan fingerprint density at radius 2 is 2.00 bits per heavy atom. The Hall–Kier alpha value is -2.37. The number of amides is 1. The number of fused-ring (bicyclic) bond motifs is 1. The van der Waals surface area contributed by atoms with Gasteiger partial charge in [0.15, 0.2) is 0 Å². The Bertz CT molecular complexity index is 835. The van der Waals surface area contributed by atoms with Gasteiger partial charge in [-0.25, -0.2) is 4.79 Å². The lowest BCUT2D eigenvalue weighted by molar-refractivity contribution is 0.0939. The van der Waals surface area contributed by atoms with Crippen LogP contribution in [0.5, 0.6) is 0 Å². The first-order valence-corrected chi connectivity index (χ1v) is 8.55. The lowest BCUT2D eigenvalue weighted by Crippen LogP contribution is -2.35. The number of nitrogens with zero attached hydrogens (tertiary/aromatic N) is 1. The molecule has 6 heteroatoms. The Morgan fingerprint density at radius 3 is 2.67 bits per heavy atom. The third-order valence-electron chi connectivity index (χ3n) is 4.22. The van der Waals surface area contributed by atoms with Gasteiger partial charge < -0.3 is 10.3 Å². The van der Waals surface area contributed by atoms with Crippen molar-refractivity contribution in [3.8, 4) is 0 Å². The lowest BCUT2D eigenvalue weighted by Gasteiger charge is -2.12. The van der Waals surface area contributed by atoms with E-state index in [0.29, 0.717) is 23.0 Å². The highest BCUT2D eigenvalue weighted by Gasteiger charge is 2.12. The maximum Gasteiger partial charge on any atom is 0.328 e. The van der Waals surface area contributed by atoms with E-state index in [-0.39, 0.29) is 17.5 Å². The van der Waals surface area contributed by atoms with E-state index >= 15 is 0 Å². The van der Waals surface area contributed by atoms with E-state index in [0.717, 1.165) is 25.7 Å². The van der Waals surface area contributed by atoms with Crippen molar-refractivity contribution >= 4 is 16.8 Å². The predicted molar refractivity (Wildman–Crippen MR) is 95.6 cm³/mol. The average Bonchev–Trinajstić information content (AvgIpc) is 2.57. The van der Waals surface area contributed by atoms with Crippen molar-refractivity contribution in [2.45, 2.75) is 59.0 Å². The molecule has 130 valence electrons. The fraction of sp³-hybridized carbons (Fsp3) is 0.500. The first kappa shape index (κ1) is 18.0. The third kappa shape index (κ3) is 3.93. The zero-order chi connectivity index (χ0) is 17.7. The number of benzene rings is 1. The highest BCUT2D eigenvalue weighted by atomic mass is 16.2. The number of unbranched alkanes of at least 4 members (excludes halogenated alkanes) is 2. The van der Waals surface area contributed by atoms with Gasteiger partial charge in [-0.05, 0) is 38.0 Å². The van der Waals surface area contributed by atoms with Crippen LogP contribution in [-0.4, -0.2) is 21.5 Å². The molecule has 0 unspecified atom stereocenters. The molecule has 1 amide bonds. The highest BCUT2D eigenvalue weighted by molar-refractivity contribution is 5.97. The number of aromatic nitrogens is 2. The van der Waals surface area contributed by atoms with Gasteiger partial charge in [0.05, 0.1) is 10.9 Å². The van der Waals surface area contributed by atoms with Gasteiger partial charge in [0.1, 0.15) is 0 Å². The Labute approximate surface area is 140 Å². The van der Waals surface area contributed by atoms with E-state index in [9.17, 15) is 14.4 Å². The van der Waals surface area contributed by atoms with Crippen LogP contribution < -0.4 is 16.6 Å². The molecule has 0 aliphatic rings. The SMILES string of the molecule is CCCCCn1c(=O)[nH]c2cc(C(=O)N[C@H](C)CC)ccc2c1=O. The molecule has 0 spiro atoms. The van der Waals surface area contributed by atoms with Crippen LogP contribution in [0.4, 0.5) is 0 Å². The predicted octanol–water partition coefficient (Wildman–Crippen LogP) is 2.41. The zero-order valence-corrected chi connectivity index (χ0v) is 14.5. The Balaban J connectivity index is 2.37. The van der Waals surface area contributed by atoms with Crippen LogP contribution in [0, 0.1) is 0 Å². The molecule has 0 radical (unpaired) electrons. The van der Waals surface area contributed by atoms with E-state index in [1.807, 2.05) is 13.8 Å². The Morgan fingerprint density at radius 1 is 1.25 bits per heavy atom. The number of hydrogen-bond acceptors (Lipinski definition) is 3. The summed E-state index contributed by atoms with van der Waals surface area (Å²) in [6.07, 6.45) is 3.62. The second-order valence-electron chi connectivity index (χ2n) is 6.14. The molecule has 0 saturated heterocycles. The topological polar surface area (TPSA) is 84.0 Å². The van der Waals surface area contributed by atoms with Crippen molar-refractivity contribution in [1.29, 1.82) is 0 Å². The molecule has 0 fully saturated rings. The molecule has 1 atom stereocenters. The number of hydrogen-bond donors (Lipinski definition) is 2. The lowest BCUT2D eigenvalue weighted by atomic mass is 10.1. The fourth-order valence-corrected chi connectivity index (χ4v) is 2.53. The van der Waals surface area contributed by atoms with Crippen molar-refractivity contribution in [2.24, 2.45) is 0 Å². The quantitative estimate of drug-likeness (QED) is 0.764. The molecular formula is C18H25N3O3. The number of nitrogens with one attached hydrogen (secondary N) is 2. The minimum absolute atomic E-state index is 0.0683. The van der Waals surface area contributed by atoms with Crippen LogP contribution in [0.1, 0.15) is 56.8 Å². The Kier molecular flexibility index (Phi) is 5.95. The molecule has 1 aromatic heterocycles. The van der Waals surface area contributed by atoms with Crippen LogP contribution in [0.2, 0.25) is 0 Å². The number of carbonyl (C=O) groups is 1. The standard InChI is InChI=1S/C18H25N3O3/c1-4-6-7-10-21-17(23)14-9-8-13(11-15(14)20-18(21)24)16(22)19-12(3)5-2/h8-9,11-12H,4-7,10H2,1-3H3,(H,19,22)(H,20,24)/t12-/m1/s1. The van der Waals surface area contributed by atoms with E-state index < -0.39 is 5.69 Å². The highest BCUT2D eigenvalue weighted by Crippen LogP contribution is 2.10. The minimum Gasteiger partial charge on any atom is -0.350 e. The summed E-state index contributed by atoms with van der Waals surface area (Å²) in [5, 5.41) is 3.29. The van der Waals surface area contributed by atoms with Crippen LogP contribution in [0.15, 0.2) is 27.8 Å². The van der Waals surface area contributed by atoms with Gasteiger partial charge in [0.25, 0.3) is 11.5 Å². The van der Waals surface area contributed by atoms with Crippen molar-refractivity contribution in [3.05, 3.63) is 44.6 Å². The maximum absolute atomic E-state index is 12.5. The van der Waals surface area contributed by atoms with Crippen LogP contribution in [0.3, 0.4) is 0 Å². The molecule has 0 bridgehead atoms. The first-order chi connectivity index (χ1) is 11.5. The second kappa shape index (κ2) is 7.95. The summed E-state index contributed by atoms with van der Waals surface area (Å²) in [6.45, 7) is 6.40. The minimum atomic E-state index is -0.428. The molecule has 1 aromatic carbocycles. The van der Waals surface area contributed by atoms with Crippen molar-refractivity contribution < 1.29 is 4.79 Å². The number of rotatable bonds is 7. The number of H-pyrrole nitrogens is 1. The van der Waals surface area contributed by atoms with E-state index in [1.165, 1.54) is 4.57 Å². The zero-order valence-electron chi connectivity index (χ0n) is 14.5. The molecule has 6 nitrogen and oxygen atoms in total. The summed E-state index contributed by atoms with van der Waals surface area (Å²) in [7, 11) is 0. The molecule has 24 heavy (non-hydrogen) atoms. The summed E-state index contributed by atoms with van der Waals surface area (Å²) in [5.74, 6) is -0.209. The van der Waals surface area contributed by atoms with Gasteiger partial charge in [0.2, 0.25) is 0 Å². The van der Waals surface area contributed by atoms with Gasteiger partial charge in [-0.3, -0.25) is 14.2 Å². The normalized spacial score (nSPS) is 12.3. The molecule has 2 N–H and O–H groups in total. The summed E-state index contributed by atoms with van der Waals surface area (Å²) in [4.78, 5) is 39.5. The van der Waals surface area contributed by atoms with Gasteiger partial charge in [-0.15, -0.1) is 0 Å². The van der Waals surface area contributed by atoms with Crippen molar-refractivity contribution in [1.82, 2.24) is 14.9 Å². The first-order valence-electron chi connectivity index (χ1n) is 8.55. The summed E-state index contributed by atoms with van der Waals surface area (Å²) in [5.41, 5.74) is 0.0944. The molecule has 2 aromatic rings. The largest absolute Gasteiger partial charge is 0.350 e. The molecule has 0 aliphatic heterocycles. The summed E-state index contributed by atoms with van der Waals surface area (Å²) < 4.78 is 1.23. The fourth-order valence-electron chi connectivity index (χ4n) is 2.53. The average molecular weight is 331 g/mol.